The molecular weight excluding hydrogens is 244 g/mol. The summed E-state index contributed by atoms with van der Waals surface area (Å²) in [7, 11) is 0. The van der Waals surface area contributed by atoms with Crippen LogP contribution in [0.15, 0.2) is 30.5 Å². The van der Waals surface area contributed by atoms with Gasteiger partial charge in [-0.2, -0.15) is 0 Å². The second kappa shape index (κ2) is 6.09. The van der Waals surface area contributed by atoms with Gasteiger partial charge in [0.1, 0.15) is 5.01 Å². The van der Waals surface area contributed by atoms with E-state index in [-0.39, 0.29) is 12.6 Å². The molecule has 0 radical (unpaired) electrons. The molecule has 2 N–H and O–H groups in total. The van der Waals surface area contributed by atoms with Crippen molar-refractivity contribution in [2.45, 2.75) is 33.0 Å². The van der Waals surface area contributed by atoms with Crippen LogP contribution in [0.5, 0.6) is 0 Å². The maximum atomic E-state index is 8.98. The number of aryl methyl sites for hydroxylation is 1. The van der Waals surface area contributed by atoms with Crippen LogP contribution in [0.3, 0.4) is 0 Å². The summed E-state index contributed by atoms with van der Waals surface area (Å²) >= 11 is 1.73. The molecule has 1 heterocycles. The summed E-state index contributed by atoms with van der Waals surface area (Å²) in [5.74, 6) is 0. The Bertz CT molecular complexity index is 493. The van der Waals surface area contributed by atoms with Crippen LogP contribution < -0.4 is 5.32 Å². The first-order valence-corrected chi connectivity index (χ1v) is 6.85. The third kappa shape index (κ3) is 3.38. The zero-order valence-electron chi connectivity index (χ0n) is 10.7. The van der Waals surface area contributed by atoms with E-state index in [9.17, 15) is 0 Å². The van der Waals surface area contributed by atoms with Crippen molar-refractivity contribution >= 4 is 11.3 Å². The highest BCUT2D eigenvalue weighted by molar-refractivity contribution is 7.11. The molecule has 0 aliphatic rings. The molecular formula is C14H18N2OS. The highest BCUT2D eigenvalue weighted by atomic mass is 32.1. The number of hydrogen-bond acceptors (Lipinski definition) is 4. The van der Waals surface area contributed by atoms with Crippen molar-refractivity contribution in [1.82, 2.24) is 10.3 Å². The second-order valence-corrected chi connectivity index (χ2v) is 5.65. The van der Waals surface area contributed by atoms with Crippen LogP contribution >= 0.6 is 11.3 Å². The molecule has 0 fully saturated rings. The number of aromatic nitrogens is 1. The van der Waals surface area contributed by atoms with Crippen molar-refractivity contribution in [3.8, 4) is 0 Å². The van der Waals surface area contributed by atoms with Crippen molar-refractivity contribution in [2.24, 2.45) is 0 Å². The van der Waals surface area contributed by atoms with E-state index in [2.05, 4.69) is 24.1 Å². The van der Waals surface area contributed by atoms with Crippen LogP contribution in [0, 0.1) is 6.92 Å². The van der Waals surface area contributed by atoms with Crippen molar-refractivity contribution < 1.29 is 5.11 Å². The first kappa shape index (κ1) is 13.2. The third-order valence-corrected chi connectivity index (χ3v) is 3.92. The molecule has 3 nitrogen and oxygen atoms in total. The summed E-state index contributed by atoms with van der Waals surface area (Å²) in [4.78, 5) is 5.62. The summed E-state index contributed by atoms with van der Waals surface area (Å²) in [6, 6.07) is 8.25. The van der Waals surface area contributed by atoms with Gasteiger partial charge in [-0.15, -0.1) is 11.3 Å². The lowest BCUT2D eigenvalue weighted by molar-refractivity contribution is 0.282. The smallest absolute Gasteiger partial charge is 0.109 e. The van der Waals surface area contributed by atoms with E-state index in [1.165, 1.54) is 10.4 Å². The lowest BCUT2D eigenvalue weighted by Gasteiger charge is -2.11. The Hall–Kier alpha value is -1.23. The number of aliphatic hydroxyl groups is 1. The molecule has 0 aliphatic heterocycles. The van der Waals surface area contributed by atoms with Gasteiger partial charge >= 0.3 is 0 Å². The molecule has 1 aromatic carbocycles. The van der Waals surface area contributed by atoms with Crippen LogP contribution in [0.2, 0.25) is 0 Å². The minimum Gasteiger partial charge on any atom is -0.392 e. The first-order chi connectivity index (χ1) is 8.69. The van der Waals surface area contributed by atoms with E-state index in [1.807, 2.05) is 30.5 Å². The molecule has 1 aromatic heterocycles. The van der Waals surface area contributed by atoms with Crippen LogP contribution in [0.1, 0.15) is 34.0 Å². The zero-order valence-corrected chi connectivity index (χ0v) is 11.5. The Labute approximate surface area is 112 Å². The summed E-state index contributed by atoms with van der Waals surface area (Å²) in [6.45, 7) is 5.11. The van der Waals surface area contributed by atoms with Gasteiger partial charge in [0.2, 0.25) is 0 Å². The van der Waals surface area contributed by atoms with Gasteiger partial charge in [0.05, 0.1) is 12.6 Å². The van der Waals surface area contributed by atoms with E-state index < -0.39 is 0 Å². The Kier molecular flexibility index (Phi) is 4.47. The molecule has 0 saturated carbocycles. The number of nitrogens with one attached hydrogen (secondary N) is 1. The molecule has 0 saturated heterocycles. The molecule has 0 aliphatic carbocycles. The zero-order chi connectivity index (χ0) is 13.0. The highest BCUT2D eigenvalue weighted by Crippen LogP contribution is 2.19. The molecule has 18 heavy (non-hydrogen) atoms. The number of benzene rings is 1. The van der Waals surface area contributed by atoms with Gasteiger partial charge in [0.25, 0.3) is 0 Å². The average molecular weight is 262 g/mol. The number of thiazole rings is 1. The monoisotopic (exact) mass is 262 g/mol. The Morgan fingerprint density at radius 2 is 1.94 bits per heavy atom. The van der Waals surface area contributed by atoms with Crippen molar-refractivity contribution in [1.29, 1.82) is 0 Å². The molecule has 1 atom stereocenters. The molecule has 0 spiro atoms. The third-order valence-electron chi connectivity index (χ3n) is 2.83. The number of aliphatic hydroxyl groups excluding tert-OH is 1. The normalized spacial score (nSPS) is 12.6. The molecule has 4 heteroatoms. The van der Waals surface area contributed by atoms with Crippen molar-refractivity contribution in [2.75, 3.05) is 0 Å². The summed E-state index contributed by atoms with van der Waals surface area (Å²) < 4.78 is 0. The number of nitrogens with zero attached hydrogens (tertiary/aromatic N) is 1. The van der Waals surface area contributed by atoms with Gasteiger partial charge in [-0.05, 0) is 25.0 Å². The summed E-state index contributed by atoms with van der Waals surface area (Å²) in [5, 5.41) is 13.6. The first-order valence-electron chi connectivity index (χ1n) is 6.03. The van der Waals surface area contributed by atoms with Crippen molar-refractivity contribution in [3.63, 3.8) is 0 Å². The quantitative estimate of drug-likeness (QED) is 0.871. The summed E-state index contributed by atoms with van der Waals surface area (Å²) in [6.07, 6.45) is 1.91. The standard InChI is InChI=1S/C14H18N2OS/c1-10-7-16-14(18-10)11(2)15-8-12-3-5-13(9-17)6-4-12/h3-7,11,15,17H,8-9H2,1-2H3. The van der Waals surface area contributed by atoms with Crippen LogP contribution in [0.4, 0.5) is 0 Å². The maximum Gasteiger partial charge on any atom is 0.109 e. The van der Waals surface area contributed by atoms with Crippen LogP contribution in [-0.2, 0) is 13.2 Å². The van der Waals surface area contributed by atoms with Gasteiger partial charge in [0, 0.05) is 17.6 Å². The minimum atomic E-state index is 0.0997. The molecule has 0 bridgehead atoms. The van der Waals surface area contributed by atoms with Gasteiger partial charge in [-0.25, -0.2) is 4.98 Å². The number of hydrogen-bond donors (Lipinski definition) is 2. The van der Waals surface area contributed by atoms with Gasteiger partial charge < -0.3 is 10.4 Å². The van der Waals surface area contributed by atoms with E-state index in [1.54, 1.807) is 11.3 Å². The van der Waals surface area contributed by atoms with Crippen molar-refractivity contribution in [3.05, 3.63) is 51.5 Å². The van der Waals surface area contributed by atoms with Gasteiger partial charge in [0.15, 0.2) is 0 Å². The molecule has 0 amide bonds. The van der Waals surface area contributed by atoms with E-state index in [0.29, 0.717) is 0 Å². The Morgan fingerprint density at radius 1 is 1.28 bits per heavy atom. The predicted molar refractivity (Wildman–Crippen MR) is 74.5 cm³/mol. The average Bonchev–Trinajstić information content (AvgIpc) is 2.83. The van der Waals surface area contributed by atoms with Crippen LogP contribution in [0.25, 0.3) is 0 Å². The van der Waals surface area contributed by atoms with Gasteiger partial charge in [-0.1, -0.05) is 24.3 Å². The van der Waals surface area contributed by atoms with E-state index >= 15 is 0 Å². The SMILES string of the molecule is Cc1cnc(C(C)NCc2ccc(CO)cc2)s1. The van der Waals surface area contributed by atoms with Gasteiger partial charge in [-0.3, -0.25) is 0 Å². The molecule has 2 aromatic rings. The summed E-state index contributed by atoms with van der Waals surface area (Å²) in [5.41, 5.74) is 2.16. The minimum absolute atomic E-state index is 0.0997. The molecule has 96 valence electrons. The lowest BCUT2D eigenvalue weighted by Crippen LogP contribution is -2.17. The van der Waals surface area contributed by atoms with E-state index in [0.717, 1.165) is 17.1 Å². The lowest BCUT2D eigenvalue weighted by atomic mass is 10.1. The maximum absolute atomic E-state index is 8.98. The predicted octanol–water partition coefficient (Wildman–Crippen LogP) is 2.79. The number of rotatable bonds is 5. The Morgan fingerprint density at radius 3 is 2.50 bits per heavy atom. The fraction of sp³-hybridized carbons (Fsp3) is 0.357. The highest BCUT2D eigenvalue weighted by Gasteiger charge is 2.08. The topological polar surface area (TPSA) is 45.2 Å². The van der Waals surface area contributed by atoms with E-state index in [4.69, 9.17) is 5.11 Å². The molecule has 2 rings (SSSR count). The largest absolute Gasteiger partial charge is 0.392 e. The fourth-order valence-electron chi connectivity index (χ4n) is 1.69. The second-order valence-electron chi connectivity index (χ2n) is 4.39. The molecule has 1 unspecified atom stereocenters. The van der Waals surface area contributed by atoms with Crippen LogP contribution in [-0.4, -0.2) is 10.1 Å². The Balaban J connectivity index is 1.90. The fourth-order valence-corrected chi connectivity index (χ4v) is 2.49.